The fourth-order valence-corrected chi connectivity index (χ4v) is 3.31. The zero-order valence-corrected chi connectivity index (χ0v) is 12.8. The Balaban J connectivity index is 4.62. The van der Waals surface area contributed by atoms with Crippen LogP contribution in [-0.2, 0) is 25.2 Å². The molecule has 0 radical (unpaired) electrons. The molecule has 0 aromatic rings. The Labute approximate surface area is 120 Å². The molecular formula is C12H22N2O5S. The molecule has 0 rings (SSSR count). The van der Waals surface area contributed by atoms with Crippen LogP contribution in [0.15, 0.2) is 0 Å². The van der Waals surface area contributed by atoms with Crippen LogP contribution >= 0.6 is 0 Å². The predicted molar refractivity (Wildman–Crippen MR) is 74.5 cm³/mol. The van der Waals surface area contributed by atoms with Crippen molar-refractivity contribution in [2.75, 3.05) is 12.8 Å². The maximum Gasteiger partial charge on any atom is 0.310 e. The third-order valence-corrected chi connectivity index (χ3v) is 4.39. The van der Waals surface area contributed by atoms with E-state index >= 15 is 0 Å². The van der Waals surface area contributed by atoms with Crippen LogP contribution in [-0.4, -0.2) is 45.1 Å². The van der Waals surface area contributed by atoms with Gasteiger partial charge in [0.2, 0.25) is 11.7 Å². The summed E-state index contributed by atoms with van der Waals surface area (Å²) in [6.07, 6.45) is 0.411. The summed E-state index contributed by atoms with van der Waals surface area (Å²) in [5.74, 6) is -1.80. The van der Waals surface area contributed by atoms with Crippen LogP contribution in [0.1, 0.15) is 33.1 Å². The number of nitrogens with one attached hydrogen (secondary N) is 2. The van der Waals surface area contributed by atoms with Gasteiger partial charge < -0.3 is 5.32 Å². The average molecular weight is 306 g/mol. The molecule has 2 atom stereocenters. The number of carbonyl (C=O) groups is 3. The van der Waals surface area contributed by atoms with E-state index in [9.17, 15) is 18.6 Å². The average Bonchev–Trinajstić information content (AvgIpc) is 2.41. The molecule has 2 amide bonds. The van der Waals surface area contributed by atoms with Gasteiger partial charge in [0, 0.05) is 41.7 Å². The van der Waals surface area contributed by atoms with Crippen LogP contribution in [0.4, 0.5) is 0 Å². The first kappa shape index (κ1) is 18.7. The lowest BCUT2D eigenvalue weighted by molar-refractivity contribution is -0.143. The normalized spacial score (nSPS) is 13.7. The van der Waals surface area contributed by atoms with Crippen molar-refractivity contribution in [2.45, 2.75) is 38.4 Å². The number of hydrogen-bond acceptors (Lipinski definition) is 5. The van der Waals surface area contributed by atoms with E-state index in [1.54, 1.807) is 0 Å². The summed E-state index contributed by atoms with van der Waals surface area (Å²) in [5.41, 5.74) is 1.27. The summed E-state index contributed by atoms with van der Waals surface area (Å²) in [4.78, 5) is 33.6. The smallest absolute Gasteiger partial charge is 0.310 e. The minimum Gasteiger partial charge on any atom is -0.359 e. The zero-order chi connectivity index (χ0) is 15.7. The van der Waals surface area contributed by atoms with Gasteiger partial charge >= 0.3 is 5.91 Å². The summed E-state index contributed by atoms with van der Waals surface area (Å²) < 4.78 is 12.1. The van der Waals surface area contributed by atoms with E-state index in [4.69, 9.17) is 5.21 Å². The minimum absolute atomic E-state index is 0.109. The van der Waals surface area contributed by atoms with Crippen molar-refractivity contribution >= 4 is 28.4 Å². The lowest BCUT2D eigenvalue weighted by Gasteiger charge is -2.17. The molecule has 0 saturated heterocycles. The number of rotatable bonds is 9. The van der Waals surface area contributed by atoms with Crippen LogP contribution in [0, 0.1) is 5.92 Å². The van der Waals surface area contributed by atoms with E-state index < -0.39 is 27.7 Å². The van der Waals surface area contributed by atoms with Gasteiger partial charge in [0.15, 0.2) is 0 Å². The SMILES string of the molecule is CNC(=O)CCS(=O)C(CC(=O)C(=O)NO)CC(C)C. The van der Waals surface area contributed by atoms with Crippen molar-refractivity contribution in [3.63, 3.8) is 0 Å². The topological polar surface area (TPSA) is 113 Å². The van der Waals surface area contributed by atoms with Crippen LogP contribution in [0.2, 0.25) is 0 Å². The maximum absolute atomic E-state index is 12.1. The number of hydrogen-bond donors (Lipinski definition) is 3. The first-order chi connectivity index (χ1) is 9.31. The highest BCUT2D eigenvalue weighted by atomic mass is 32.2. The Morgan fingerprint density at radius 3 is 2.30 bits per heavy atom. The molecule has 8 heteroatoms. The number of Topliss-reactive ketones (excluding diaryl/α,β-unsaturated/α-hetero) is 1. The third kappa shape index (κ3) is 7.34. The van der Waals surface area contributed by atoms with Crippen molar-refractivity contribution < 1.29 is 23.8 Å². The van der Waals surface area contributed by atoms with Crippen LogP contribution in [0.3, 0.4) is 0 Å². The first-order valence-corrected chi connectivity index (χ1v) is 7.75. The first-order valence-electron chi connectivity index (χ1n) is 6.36. The van der Waals surface area contributed by atoms with Gasteiger partial charge in [0.1, 0.15) is 0 Å². The molecule has 116 valence electrons. The Kier molecular flexibility index (Phi) is 8.98. The monoisotopic (exact) mass is 306 g/mol. The highest BCUT2D eigenvalue weighted by molar-refractivity contribution is 7.85. The van der Waals surface area contributed by atoms with E-state index in [1.807, 2.05) is 13.8 Å². The van der Waals surface area contributed by atoms with Crippen molar-refractivity contribution in [2.24, 2.45) is 5.92 Å². The molecule has 0 aliphatic rings. The molecule has 0 saturated carbocycles. The van der Waals surface area contributed by atoms with E-state index in [0.29, 0.717) is 6.42 Å². The molecule has 2 unspecified atom stereocenters. The second-order valence-corrected chi connectivity index (χ2v) is 6.66. The van der Waals surface area contributed by atoms with Crippen LogP contribution in [0.5, 0.6) is 0 Å². The van der Waals surface area contributed by atoms with Crippen molar-refractivity contribution in [1.82, 2.24) is 10.8 Å². The van der Waals surface area contributed by atoms with Crippen molar-refractivity contribution in [1.29, 1.82) is 0 Å². The minimum atomic E-state index is -1.38. The van der Waals surface area contributed by atoms with Crippen molar-refractivity contribution in [3.05, 3.63) is 0 Å². The van der Waals surface area contributed by atoms with Gasteiger partial charge in [-0.05, 0) is 12.3 Å². The lowest BCUT2D eigenvalue weighted by atomic mass is 10.0. The standard InChI is InChI=1S/C12H22N2O5S/c1-8(2)6-9(7-10(15)12(17)14-18)20(19)5-4-11(16)13-3/h8-9,18H,4-7H2,1-3H3,(H,13,16)(H,14,17). The van der Waals surface area contributed by atoms with Crippen LogP contribution < -0.4 is 10.8 Å². The summed E-state index contributed by atoms with van der Waals surface area (Å²) in [6, 6.07) is 0. The van der Waals surface area contributed by atoms with Gasteiger partial charge in [0.05, 0.1) is 0 Å². The van der Waals surface area contributed by atoms with E-state index in [0.717, 1.165) is 0 Å². The summed E-state index contributed by atoms with van der Waals surface area (Å²) in [6.45, 7) is 3.83. The molecule has 3 N–H and O–H groups in total. The Bertz CT molecular complexity index is 384. The second kappa shape index (κ2) is 9.60. The number of ketones is 1. The van der Waals surface area contributed by atoms with Crippen molar-refractivity contribution in [3.8, 4) is 0 Å². The van der Waals surface area contributed by atoms with Gasteiger partial charge in [0.25, 0.3) is 0 Å². The number of hydroxylamine groups is 1. The quantitative estimate of drug-likeness (QED) is 0.309. The highest BCUT2D eigenvalue weighted by Crippen LogP contribution is 2.15. The van der Waals surface area contributed by atoms with Gasteiger partial charge in [-0.2, -0.15) is 0 Å². The van der Waals surface area contributed by atoms with E-state index in [2.05, 4.69) is 5.32 Å². The number of amides is 2. The fraction of sp³-hybridized carbons (Fsp3) is 0.750. The Morgan fingerprint density at radius 1 is 1.25 bits per heavy atom. The van der Waals surface area contributed by atoms with E-state index in [1.165, 1.54) is 12.5 Å². The molecule has 0 aromatic carbocycles. The zero-order valence-electron chi connectivity index (χ0n) is 12.0. The second-order valence-electron chi connectivity index (χ2n) is 4.83. The molecule has 0 heterocycles. The maximum atomic E-state index is 12.1. The molecule has 0 fully saturated rings. The summed E-state index contributed by atoms with van der Waals surface area (Å²) in [7, 11) is 0.109. The Morgan fingerprint density at radius 2 is 1.85 bits per heavy atom. The van der Waals surface area contributed by atoms with Crippen LogP contribution in [0.25, 0.3) is 0 Å². The number of carbonyl (C=O) groups excluding carboxylic acids is 3. The molecule has 0 aliphatic heterocycles. The Hall–Kier alpha value is -1.28. The van der Waals surface area contributed by atoms with Gasteiger partial charge in [-0.15, -0.1) is 0 Å². The highest BCUT2D eigenvalue weighted by Gasteiger charge is 2.25. The molecule has 0 spiro atoms. The summed E-state index contributed by atoms with van der Waals surface area (Å²) in [5, 5.41) is 10.3. The lowest BCUT2D eigenvalue weighted by Crippen LogP contribution is -2.33. The van der Waals surface area contributed by atoms with E-state index in [-0.39, 0.29) is 30.4 Å². The van der Waals surface area contributed by atoms with Gasteiger partial charge in [-0.25, -0.2) is 5.48 Å². The molecule has 0 aliphatic carbocycles. The largest absolute Gasteiger partial charge is 0.359 e. The third-order valence-electron chi connectivity index (χ3n) is 2.68. The predicted octanol–water partition coefficient (Wildman–Crippen LogP) is -0.249. The molecular weight excluding hydrogens is 284 g/mol. The van der Waals surface area contributed by atoms with Gasteiger partial charge in [-0.1, -0.05) is 13.8 Å². The molecule has 0 bridgehead atoms. The molecule has 20 heavy (non-hydrogen) atoms. The molecule has 0 aromatic heterocycles. The van der Waals surface area contributed by atoms with Gasteiger partial charge in [-0.3, -0.25) is 23.8 Å². The summed E-state index contributed by atoms with van der Waals surface area (Å²) >= 11 is 0. The molecule has 7 nitrogen and oxygen atoms in total. The fourth-order valence-electron chi connectivity index (χ4n) is 1.66.